The Kier molecular flexibility index (Phi) is 4.79. The zero-order valence-corrected chi connectivity index (χ0v) is 14.5. The molecule has 2 aromatic rings. The van der Waals surface area contributed by atoms with E-state index in [-0.39, 0.29) is 4.90 Å². The van der Waals surface area contributed by atoms with Gasteiger partial charge in [0, 0.05) is 30.2 Å². The molecule has 0 aliphatic carbocycles. The van der Waals surface area contributed by atoms with Gasteiger partial charge in [0.05, 0.1) is 18.1 Å². The van der Waals surface area contributed by atoms with E-state index in [1.807, 2.05) is 19.9 Å². The highest BCUT2D eigenvalue weighted by Gasteiger charge is 2.26. The minimum absolute atomic E-state index is 0.274. The molecule has 1 fully saturated rings. The molecule has 1 N–H and O–H groups in total. The summed E-state index contributed by atoms with van der Waals surface area (Å²) in [6.45, 7) is 5.44. The lowest BCUT2D eigenvalue weighted by atomic mass is 10.3. The van der Waals surface area contributed by atoms with Crippen molar-refractivity contribution in [1.82, 2.24) is 14.3 Å². The molecule has 1 aromatic heterocycles. The number of aromatic nitrogens is 2. The first-order chi connectivity index (χ1) is 11.4. The van der Waals surface area contributed by atoms with Gasteiger partial charge in [0.1, 0.15) is 0 Å². The highest BCUT2D eigenvalue weighted by Crippen LogP contribution is 2.21. The predicted octanol–water partition coefficient (Wildman–Crippen LogP) is 1.86. The lowest BCUT2D eigenvalue weighted by Crippen LogP contribution is -2.40. The topological polar surface area (TPSA) is 84.4 Å². The number of ether oxygens (including phenoxy) is 1. The van der Waals surface area contributed by atoms with Gasteiger partial charge in [-0.15, -0.1) is 0 Å². The molecule has 0 unspecified atom stereocenters. The number of hydrogen-bond donors (Lipinski definition) is 1. The van der Waals surface area contributed by atoms with Gasteiger partial charge in [-0.05, 0) is 44.2 Å². The second kappa shape index (κ2) is 6.84. The van der Waals surface area contributed by atoms with E-state index >= 15 is 0 Å². The molecule has 24 heavy (non-hydrogen) atoms. The second-order valence-electron chi connectivity index (χ2n) is 5.64. The molecule has 3 rings (SSSR count). The normalized spacial score (nSPS) is 16.1. The van der Waals surface area contributed by atoms with Gasteiger partial charge in [-0.25, -0.2) is 18.4 Å². The van der Waals surface area contributed by atoms with E-state index in [1.54, 1.807) is 24.3 Å². The first kappa shape index (κ1) is 16.8. The molecule has 0 atom stereocenters. The van der Waals surface area contributed by atoms with E-state index in [1.165, 1.54) is 4.31 Å². The van der Waals surface area contributed by atoms with Crippen LogP contribution in [0.4, 0.5) is 11.6 Å². The Hall–Kier alpha value is -2.03. The quantitative estimate of drug-likeness (QED) is 0.908. The van der Waals surface area contributed by atoms with E-state index in [2.05, 4.69) is 15.3 Å². The fourth-order valence-corrected chi connectivity index (χ4v) is 3.97. The van der Waals surface area contributed by atoms with Crippen molar-refractivity contribution in [3.8, 4) is 0 Å². The number of anilines is 2. The molecule has 1 saturated heterocycles. The second-order valence-corrected chi connectivity index (χ2v) is 7.58. The Morgan fingerprint density at radius 3 is 2.21 bits per heavy atom. The monoisotopic (exact) mass is 348 g/mol. The fraction of sp³-hybridized carbons (Fsp3) is 0.375. The largest absolute Gasteiger partial charge is 0.379 e. The van der Waals surface area contributed by atoms with Crippen molar-refractivity contribution in [3.63, 3.8) is 0 Å². The van der Waals surface area contributed by atoms with Crippen molar-refractivity contribution in [2.45, 2.75) is 18.7 Å². The molecule has 0 amide bonds. The minimum atomic E-state index is -3.47. The summed E-state index contributed by atoms with van der Waals surface area (Å²) < 4.78 is 31.8. The highest BCUT2D eigenvalue weighted by molar-refractivity contribution is 7.89. The maximum absolute atomic E-state index is 12.6. The Labute approximate surface area is 141 Å². The smallest absolute Gasteiger partial charge is 0.243 e. The molecule has 0 spiro atoms. The van der Waals surface area contributed by atoms with Crippen molar-refractivity contribution in [2.75, 3.05) is 31.6 Å². The molecule has 0 radical (unpaired) electrons. The molecule has 1 aliphatic rings. The molecule has 0 saturated carbocycles. The zero-order valence-electron chi connectivity index (χ0n) is 13.7. The SMILES string of the molecule is Cc1cc(C)nc(Nc2ccc(S(=O)(=O)N3CCOCC3)cc2)n1. The zero-order chi connectivity index (χ0) is 17.2. The third-order valence-electron chi connectivity index (χ3n) is 3.70. The first-order valence-electron chi connectivity index (χ1n) is 7.72. The van der Waals surface area contributed by atoms with Gasteiger partial charge in [-0.2, -0.15) is 4.31 Å². The lowest BCUT2D eigenvalue weighted by Gasteiger charge is -2.26. The number of aryl methyl sites for hydroxylation is 2. The first-order valence-corrected chi connectivity index (χ1v) is 9.16. The van der Waals surface area contributed by atoms with Crippen LogP contribution in [0.5, 0.6) is 0 Å². The van der Waals surface area contributed by atoms with Gasteiger partial charge >= 0.3 is 0 Å². The average molecular weight is 348 g/mol. The predicted molar refractivity (Wildman–Crippen MR) is 90.8 cm³/mol. The van der Waals surface area contributed by atoms with Crippen LogP contribution in [-0.4, -0.2) is 49.0 Å². The summed E-state index contributed by atoms with van der Waals surface area (Å²) in [4.78, 5) is 8.90. The van der Waals surface area contributed by atoms with E-state index in [0.29, 0.717) is 32.3 Å². The minimum Gasteiger partial charge on any atom is -0.379 e. The molecule has 7 nitrogen and oxygen atoms in total. The molecule has 8 heteroatoms. The van der Waals surface area contributed by atoms with Gasteiger partial charge in [0.25, 0.3) is 0 Å². The molecular weight excluding hydrogens is 328 g/mol. The van der Waals surface area contributed by atoms with Crippen LogP contribution >= 0.6 is 0 Å². The average Bonchev–Trinajstić information content (AvgIpc) is 2.55. The molecular formula is C16H20N4O3S. The van der Waals surface area contributed by atoms with Crippen molar-refractivity contribution in [2.24, 2.45) is 0 Å². The van der Waals surface area contributed by atoms with Gasteiger partial charge in [-0.1, -0.05) is 0 Å². The van der Waals surface area contributed by atoms with Gasteiger partial charge in [0.2, 0.25) is 16.0 Å². The standard InChI is InChI=1S/C16H20N4O3S/c1-12-11-13(2)18-16(17-12)19-14-3-5-15(6-4-14)24(21,22)20-7-9-23-10-8-20/h3-6,11H,7-10H2,1-2H3,(H,17,18,19). The number of hydrogen-bond acceptors (Lipinski definition) is 6. The third kappa shape index (κ3) is 3.72. The van der Waals surface area contributed by atoms with Gasteiger partial charge in [-0.3, -0.25) is 0 Å². The Morgan fingerprint density at radius 2 is 1.62 bits per heavy atom. The summed E-state index contributed by atoms with van der Waals surface area (Å²) in [7, 11) is -3.47. The van der Waals surface area contributed by atoms with E-state index in [4.69, 9.17) is 4.74 Å². The molecule has 128 valence electrons. The summed E-state index contributed by atoms with van der Waals surface area (Å²) >= 11 is 0. The lowest BCUT2D eigenvalue weighted by molar-refractivity contribution is 0.0730. The Bertz CT molecular complexity index is 795. The van der Waals surface area contributed by atoms with Crippen LogP contribution in [0.25, 0.3) is 0 Å². The number of rotatable bonds is 4. The summed E-state index contributed by atoms with van der Waals surface area (Å²) in [5.41, 5.74) is 2.48. The van der Waals surface area contributed by atoms with E-state index < -0.39 is 10.0 Å². The summed E-state index contributed by atoms with van der Waals surface area (Å²) in [5, 5.41) is 3.09. The number of sulfonamides is 1. The third-order valence-corrected chi connectivity index (χ3v) is 5.61. The number of benzene rings is 1. The maximum Gasteiger partial charge on any atom is 0.243 e. The molecule has 0 bridgehead atoms. The van der Waals surface area contributed by atoms with E-state index in [9.17, 15) is 8.42 Å². The molecule has 1 aliphatic heterocycles. The fourth-order valence-electron chi connectivity index (χ4n) is 2.56. The van der Waals surface area contributed by atoms with Crippen LogP contribution in [0.2, 0.25) is 0 Å². The van der Waals surface area contributed by atoms with Crippen molar-refractivity contribution < 1.29 is 13.2 Å². The Balaban J connectivity index is 1.77. The van der Waals surface area contributed by atoms with Crippen LogP contribution in [0, 0.1) is 13.8 Å². The van der Waals surface area contributed by atoms with Gasteiger partial charge in [0.15, 0.2) is 0 Å². The number of nitrogens with one attached hydrogen (secondary N) is 1. The van der Waals surface area contributed by atoms with Crippen molar-refractivity contribution in [1.29, 1.82) is 0 Å². The van der Waals surface area contributed by atoms with Crippen LogP contribution in [0.3, 0.4) is 0 Å². The summed E-state index contributed by atoms with van der Waals surface area (Å²) in [6.07, 6.45) is 0. The molecule has 1 aromatic carbocycles. The van der Waals surface area contributed by atoms with Crippen LogP contribution in [0.1, 0.15) is 11.4 Å². The van der Waals surface area contributed by atoms with Crippen molar-refractivity contribution in [3.05, 3.63) is 41.7 Å². The maximum atomic E-state index is 12.6. The van der Waals surface area contributed by atoms with Crippen LogP contribution in [0.15, 0.2) is 35.2 Å². The van der Waals surface area contributed by atoms with Gasteiger partial charge < -0.3 is 10.1 Å². The van der Waals surface area contributed by atoms with Crippen molar-refractivity contribution >= 4 is 21.7 Å². The summed E-state index contributed by atoms with van der Waals surface area (Å²) in [6, 6.07) is 8.51. The summed E-state index contributed by atoms with van der Waals surface area (Å²) in [5.74, 6) is 0.497. The molecule has 2 heterocycles. The highest BCUT2D eigenvalue weighted by atomic mass is 32.2. The van der Waals surface area contributed by atoms with E-state index in [0.717, 1.165) is 17.1 Å². The number of nitrogens with zero attached hydrogens (tertiary/aromatic N) is 3. The van der Waals surface area contributed by atoms with Crippen LogP contribution < -0.4 is 5.32 Å². The Morgan fingerprint density at radius 1 is 1.04 bits per heavy atom. The van der Waals surface area contributed by atoms with Crippen LogP contribution in [-0.2, 0) is 14.8 Å². The number of morpholine rings is 1.